The molecule has 90 valence electrons. The number of benzene rings is 1. The van der Waals surface area contributed by atoms with Gasteiger partial charge >= 0.3 is 0 Å². The fourth-order valence-corrected chi connectivity index (χ4v) is 1.65. The number of nitrogens with one attached hydrogen (secondary N) is 1. The number of carbonyl (C=O) groups is 1. The summed E-state index contributed by atoms with van der Waals surface area (Å²) in [5.41, 5.74) is 0.540. The largest absolute Gasteiger partial charge is 0.453 e. The summed E-state index contributed by atoms with van der Waals surface area (Å²) in [6.07, 6.45) is 0.385. The minimum absolute atomic E-state index is 0.0671. The van der Waals surface area contributed by atoms with E-state index < -0.39 is 0 Å². The number of carbonyl (C=O) groups excluding carboxylic acids is 1. The molecule has 1 N–H and O–H groups in total. The average molecular weight is 235 g/mol. The molecule has 0 aliphatic heterocycles. The quantitative estimate of drug-likeness (QED) is 0.640. The van der Waals surface area contributed by atoms with Gasteiger partial charge in [0.1, 0.15) is 11.4 Å². The summed E-state index contributed by atoms with van der Waals surface area (Å²) in [4.78, 5) is 11.7. The van der Waals surface area contributed by atoms with Gasteiger partial charge in [0, 0.05) is 18.4 Å². The van der Waals surface area contributed by atoms with Crippen molar-refractivity contribution in [1.29, 1.82) is 0 Å². The topological polar surface area (TPSA) is 42.2 Å². The van der Waals surface area contributed by atoms with Crippen LogP contribution in [0.1, 0.15) is 23.9 Å². The molecule has 0 aliphatic carbocycles. The van der Waals surface area contributed by atoms with Crippen molar-refractivity contribution in [3.63, 3.8) is 0 Å². The normalized spacial score (nSPS) is 10.9. The third kappa shape index (κ3) is 2.71. The van der Waals surface area contributed by atoms with Crippen LogP contribution >= 0.6 is 0 Å². The summed E-state index contributed by atoms with van der Waals surface area (Å²) in [5.74, 6) is -0.101. The van der Waals surface area contributed by atoms with E-state index in [2.05, 4.69) is 5.32 Å². The number of hydrogen-bond acceptors (Lipinski definition) is 3. The molecule has 1 heterocycles. The van der Waals surface area contributed by atoms with Crippen molar-refractivity contribution in [1.82, 2.24) is 5.32 Å². The smallest absolute Gasteiger partial charge is 0.199 e. The lowest BCUT2D eigenvalue weighted by Gasteiger charge is -1.98. The molecule has 0 saturated carbocycles. The van der Waals surface area contributed by atoms with Crippen LogP contribution in [-0.4, -0.2) is 18.9 Å². The van der Waals surface area contributed by atoms with Crippen molar-refractivity contribution >= 4 is 16.8 Å². The van der Waals surface area contributed by atoms with E-state index in [4.69, 9.17) is 4.42 Å². The zero-order valence-corrected chi connectivity index (χ0v) is 9.63. The number of halogens is 1. The second-order valence-electron chi connectivity index (χ2n) is 3.82. The van der Waals surface area contributed by atoms with E-state index in [1.54, 1.807) is 6.07 Å². The number of ketones is 1. The molecule has 0 bridgehead atoms. The SMILES string of the molecule is CCNCCC(=O)c1cc2cc(F)ccc2o1. The number of Topliss-reactive ketones (excluding diaryl/α,β-unsaturated/α-hetero) is 1. The van der Waals surface area contributed by atoms with Crippen molar-refractivity contribution < 1.29 is 13.6 Å². The van der Waals surface area contributed by atoms with Gasteiger partial charge in [-0.2, -0.15) is 0 Å². The Kier molecular flexibility index (Phi) is 3.54. The minimum Gasteiger partial charge on any atom is -0.453 e. The van der Waals surface area contributed by atoms with Crippen molar-refractivity contribution in [3.05, 3.63) is 35.8 Å². The lowest BCUT2D eigenvalue weighted by Crippen LogP contribution is -2.17. The summed E-state index contributed by atoms with van der Waals surface area (Å²) < 4.78 is 18.3. The highest BCUT2D eigenvalue weighted by molar-refractivity contribution is 5.97. The lowest BCUT2D eigenvalue weighted by atomic mass is 10.2. The molecule has 0 fully saturated rings. The van der Waals surface area contributed by atoms with Crippen LogP contribution in [0, 0.1) is 5.82 Å². The highest BCUT2D eigenvalue weighted by Crippen LogP contribution is 2.21. The van der Waals surface area contributed by atoms with E-state index >= 15 is 0 Å². The molecule has 0 saturated heterocycles. The first kappa shape index (κ1) is 11.8. The zero-order valence-electron chi connectivity index (χ0n) is 9.63. The Balaban J connectivity index is 2.15. The average Bonchev–Trinajstić information content (AvgIpc) is 2.72. The van der Waals surface area contributed by atoms with Gasteiger partial charge in [-0.3, -0.25) is 4.79 Å². The fraction of sp³-hybridized carbons (Fsp3) is 0.308. The summed E-state index contributed by atoms with van der Waals surface area (Å²) in [5, 5.41) is 3.69. The molecule has 1 aromatic carbocycles. The Morgan fingerprint density at radius 3 is 3.00 bits per heavy atom. The first-order chi connectivity index (χ1) is 8.20. The van der Waals surface area contributed by atoms with Crippen molar-refractivity contribution in [3.8, 4) is 0 Å². The predicted octanol–water partition coefficient (Wildman–Crippen LogP) is 2.75. The molecular formula is C13H14FNO2. The molecular weight excluding hydrogens is 221 g/mol. The second-order valence-corrected chi connectivity index (χ2v) is 3.82. The van der Waals surface area contributed by atoms with Gasteiger partial charge < -0.3 is 9.73 Å². The van der Waals surface area contributed by atoms with Crippen molar-refractivity contribution in [2.45, 2.75) is 13.3 Å². The maximum absolute atomic E-state index is 13.0. The molecule has 2 rings (SSSR count). The molecule has 3 nitrogen and oxygen atoms in total. The third-order valence-corrected chi connectivity index (χ3v) is 2.53. The summed E-state index contributed by atoms with van der Waals surface area (Å²) in [7, 11) is 0. The van der Waals surface area contributed by atoms with Gasteiger partial charge in [0.05, 0.1) is 0 Å². The molecule has 1 aromatic heterocycles. The molecule has 0 unspecified atom stereocenters. The molecule has 0 atom stereocenters. The van der Waals surface area contributed by atoms with Crippen LogP contribution in [0.15, 0.2) is 28.7 Å². The van der Waals surface area contributed by atoms with Gasteiger partial charge in [-0.25, -0.2) is 4.39 Å². The number of rotatable bonds is 5. The van der Waals surface area contributed by atoms with Gasteiger partial charge in [0.15, 0.2) is 11.5 Å². The van der Waals surface area contributed by atoms with E-state index in [0.717, 1.165) is 6.54 Å². The van der Waals surface area contributed by atoms with Crippen molar-refractivity contribution in [2.75, 3.05) is 13.1 Å². The molecule has 0 radical (unpaired) electrons. The van der Waals surface area contributed by atoms with Crippen LogP contribution in [0.4, 0.5) is 4.39 Å². The standard InChI is InChI=1S/C13H14FNO2/c1-2-15-6-5-11(16)13-8-9-7-10(14)3-4-12(9)17-13/h3-4,7-8,15H,2,5-6H2,1H3. The van der Waals surface area contributed by atoms with Gasteiger partial charge in [-0.05, 0) is 30.8 Å². The molecule has 0 aliphatic rings. The lowest BCUT2D eigenvalue weighted by molar-refractivity contribution is 0.0958. The maximum atomic E-state index is 13.0. The van der Waals surface area contributed by atoms with Crippen LogP contribution in [0.2, 0.25) is 0 Å². The third-order valence-electron chi connectivity index (χ3n) is 2.53. The monoisotopic (exact) mass is 235 g/mol. The van der Waals surface area contributed by atoms with Crippen LogP contribution in [0.3, 0.4) is 0 Å². The van der Waals surface area contributed by atoms with E-state index in [0.29, 0.717) is 29.7 Å². The molecule has 2 aromatic rings. The van der Waals surface area contributed by atoms with E-state index in [9.17, 15) is 9.18 Å². The molecule has 17 heavy (non-hydrogen) atoms. The van der Waals surface area contributed by atoms with Crippen LogP contribution in [0.5, 0.6) is 0 Å². The van der Waals surface area contributed by atoms with Crippen LogP contribution < -0.4 is 5.32 Å². The second kappa shape index (κ2) is 5.10. The highest BCUT2D eigenvalue weighted by atomic mass is 19.1. The van der Waals surface area contributed by atoms with E-state index in [1.807, 2.05) is 6.92 Å². The van der Waals surface area contributed by atoms with E-state index in [1.165, 1.54) is 18.2 Å². The van der Waals surface area contributed by atoms with Gasteiger partial charge in [-0.1, -0.05) is 6.92 Å². The first-order valence-electron chi connectivity index (χ1n) is 5.63. The molecule has 0 spiro atoms. The zero-order chi connectivity index (χ0) is 12.3. The highest BCUT2D eigenvalue weighted by Gasteiger charge is 2.12. The Labute approximate surface area is 98.6 Å². The summed E-state index contributed by atoms with van der Waals surface area (Å²) in [6, 6.07) is 5.80. The minimum atomic E-state index is -0.329. The van der Waals surface area contributed by atoms with Gasteiger partial charge in [0.25, 0.3) is 0 Å². The Morgan fingerprint density at radius 1 is 1.41 bits per heavy atom. The fourth-order valence-electron chi connectivity index (χ4n) is 1.65. The Morgan fingerprint density at radius 2 is 2.24 bits per heavy atom. The van der Waals surface area contributed by atoms with Gasteiger partial charge in [0.2, 0.25) is 0 Å². The van der Waals surface area contributed by atoms with E-state index in [-0.39, 0.29) is 11.6 Å². The number of furan rings is 1. The number of hydrogen-bond donors (Lipinski definition) is 1. The maximum Gasteiger partial charge on any atom is 0.199 e. The summed E-state index contributed by atoms with van der Waals surface area (Å²) >= 11 is 0. The number of fused-ring (bicyclic) bond motifs is 1. The molecule has 0 amide bonds. The molecule has 4 heteroatoms. The Hall–Kier alpha value is -1.68. The van der Waals surface area contributed by atoms with Crippen LogP contribution in [-0.2, 0) is 0 Å². The van der Waals surface area contributed by atoms with Crippen molar-refractivity contribution in [2.24, 2.45) is 0 Å². The van der Waals surface area contributed by atoms with Crippen LogP contribution in [0.25, 0.3) is 11.0 Å². The summed E-state index contributed by atoms with van der Waals surface area (Å²) in [6.45, 7) is 3.44. The first-order valence-corrected chi connectivity index (χ1v) is 5.63. The van der Waals surface area contributed by atoms with Gasteiger partial charge in [-0.15, -0.1) is 0 Å². The Bertz CT molecular complexity index is 533. The predicted molar refractivity (Wildman–Crippen MR) is 63.7 cm³/mol.